The van der Waals surface area contributed by atoms with Crippen molar-refractivity contribution in [3.63, 3.8) is 0 Å². The Balaban J connectivity index is 1.83. The lowest BCUT2D eigenvalue weighted by Crippen LogP contribution is -2.45. The number of carbonyl (C=O) groups is 1. The highest BCUT2D eigenvalue weighted by atomic mass is 16.6. The first kappa shape index (κ1) is 19.1. The molecule has 1 aromatic heterocycles. The minimum absolute atomic E-state index is 0.0570. The van der Waals surface area contributed by atoms with E-state index in [4.69, 9.17) is 0 Å². The third-order valence-corrected chi connectivity index (χ3v) is 5.21. The molecular weight excluding hydrogens is 344 g/mol. The van der Waals surface area contributed by atoms with Gasteiger partial charge in [0.2, 0.25) is 5.91 Å². The van der Waals surface area contributed by atoms with Crippen molar-refractivity contribution >= 4 is 28.1 Å². The fourth-order valence-electron chi connectivity index (χ4n) is 3.87. The van der Waals surface area contributed by atoms with Crippen LogP contribution in [0.1, 0.15) is 39.5 Å². The molecule has 3 rings (SSSR count). The van der Waals surface area contributed by atoms with E-state index in [0.29, 0.717) is 11.9 Å². The van der Waals surface area contributed by atoms with Crippen LogP contribution in [0.5, 0.6) is 0 Å². The molecule has 1 saturated heterocycles. The molecule has 0 aliphatic carbocycles. The number of hydrogen-bond donors (Lipinski definition) is 1. The Bertz CT molecular complexity index is 839. The molecule has 144 valence electrons. The zero-order valence-electron chi connectivity index (χ0n) is 15.9. The van der Waals surface area contributed by atoms with Crippen molar-refractivity contribution in [3.8, 4) is 0 Å². The lowest BCUT2D eigenvalue weighted by atomic mass is 9.95. The number of nitrogens with one attached hydrogen (secondary N) is 1. The number of benzene rings is 1. The van der Waals surface area contributed by atoms with Crippen LogP contribution in [0, 0.1) is 16.0 Å². The van der Waals surface area contributed by atoms with Gasteiger partial charge in [0, 0.05) is 48.7 Å². The van der Waals surface area contributed by atoms with Gasteiger partial charge in [-0.05, 0) is 38.3 Å². The summed E-state index contributed by atoms with van der Waals surface area (Å²) in [6.45, 7) is 5.61. The van der Waals surface area contributed by atoms with Crippen LogP contribution in [0.25, 0.3) is 10.8 Å². The van der Waals surface area contributed by atoms with Crippen LogP contribution in [0.4, 0.5) is 11.4 Å². The van der Waals surface area contributed by atoms with Crippen molar-refractivity contribution in [1.29, 1.82) is 0 Å². The first-order chi connectivity index (χ1) is 13.0. The van der Waals surface area contributed by atoms with Gasteiger partial charge in [-0.25, -0.2) is 0 Å². The van der Waals surface area contributed by atoms with E-state index >= 15 is 0 Å². The van der Waals surface area contributed by atoms with Crippen molar-refractivity contribution in [2.45, 2.75) is 45.6 Å². The Morgan fingerprint density at radius 3 is 2.96 bits per heavy atom. The summed E-state index contributed by atoms with van der Waals surface area (Å²) in [5, 5.41) is 15.8. The van der Waals surface area contributed by atoms with Crippen LogP contribution in [0.2, 0.25) is 0 Å². The fraction of sp³-hybridized carbons (Fsp3) is 0.500. The minimum Gasteiger partial charge on any atom is -0.370 e. The summed E-state index contributed by atoms with van der Waals surface area (Å²) in [6, 6.07) is 5.32. The zero-order chi connectivity index (χ0) is 19.4. The second-order valence-corrected chi connectivity index (χ2v) is 7.27. The second kappa shape index (κ2) is 8.33. The number of rotatable bonds is 6. The third kappa shape index (κ3) is 4.18. The molecule has 0 saturated carbocycles. The number of pyridine rings is 1. The Kier molecular flexibility index (Phi) is 5.88. The van der Waals surface area contributed by atoms with Crippen molar-refractivity contribution in [2.24, 2.45) is 5.92 Å². The van der Waals surface area contributed by atoms with E-state index in [2.05, 4.69) is 22.1 Å². The molecule has 1 aromatic carbocycles. The highest BCUT2D eigenvalue weighted by Crippen LogP contribution is 2.34. The molecule has 7 heteroatoms. The van der Waals surface area contributed by atoms with E-state index in [0.717, 1.165) is 43.3 Å². The summed E-state index contributed by atoms with van der Waals surface area (Å²) in [5.74, 6) is 0.0404. The van der Waals surface area contributed by atoms with Gasteiger partial charge in [-0.1, -0.05) is 13.3 Å². The van der Waals surface area contributed by atoms with Gasteiger partial charge >= 0.3 is 0 Å². The van der Waals surface area contributed by atoms with E-state index in [9.17, 15) is 14.9 Å². The maximum atomic E-state index is 12.6. The maximum absolute atomic E-state index is 12.6. The highest BCUT2D eigenvalue weighted by Gasteiger charge is 2.28. The molecule has 1 aliphatic heterocycles. The van der Waals surface area contributed by atoms with E-state index in [-0.39, 0.29) is 28.5 Å². The molecule has 27 heavy (non-hydrogen) atoms. The first-order valence-corrected chi connectivity index (χ1v) is 9.57. The summed E-state index contributed by atoms with van der Waals surface area (Å²) < 4.78 is 0. The van der Waals surface area contributed by atoms with Gasteiger partial charge in [0.05, 0.1) is 16.2 Å². The van der Waals surface area contributed by atoms with Gasteiger partial charge in [0.1, 0.15) is 0 Å². The maximum Gasteiger partial charge on any atom is 0.278 e. The van der Waals surface area contributed by atoms with Crippen molar-refractivity contribution < 1.29 is 9.72 Å². The van der Waals surface area contributed by atoms with Gasteiger partial charge < -0.3 is 10.2 Å². The molecule has 0 unspecified atom stereocenters. The number of carbonyl (C=O) groups excluding carboxylic acids is 1. The number of anilines is 1. The van der Waals surface area contributed by atoms with Crippen LogP contribution < -0.4 is 10.2 Å². The molecule has 1 N–H and O–H groups in total. The van der Waals surface area contributed by atoms with Gasteiger partial charge in [-0.2, -0.15) is 0 Å². The monoisotopic (exact) mass is 370 g/mol. The number of hydrogen-bond acceptors (Lipinski definition) is 5. The van der Waals surface area contributed by atoms with E-state index < -0.39 is 0 Å². The molecule has 2 aromatic rings. The first-order valence-electron chi connectivity index (χ1n) is 9.57. The average Bonchev–Trinajstić information content (AvgIpc) is 2.67. The van der Waals surface area contributed by atoms with Crippen LogP contribution in [0.3, 0.4) is 0 Å². The number of aromatic nitrogens is 1. The topological polar surface area (TPSA) is 88.4 Å². The minimum atomic E-state index is -0.380. The van der Waals surface area contributed by atoms with Crippen molar-refractivity contribution in [1.82, 2.24) is 10.3 Å². The number of fused-ring (bicyclic) bond motifs is 1. The summed E-state index contributed by atoms with van der Waals surface area (Å²) in [7, 11) is 0. The predicted octanol–water partition coefficient (Wildman–Crippen LogP) is 3.66. The Morgan fingerprint density at radius 1 is 1.41 bits per heavy atom. The smallest absolute Gasteiger partial charge is 0.278 e. The largest absolute Gasteiger partial charge is 0.370 e. The summed E-state index contributed by atoms with van der Waals surface area (Å²) in [4.78, 5) is 29.8. The van der Waals surface area contributed by atoms with E-state index in [1.54, 1.807) is 12.3 Å². The lowest BCUT2D eigenvalue weighted by Gasteiger charge is -2.34. The Labute approximate surface area is 158 Å². The zero-order valence-corrected chi connectivity index (χ0v) is 15.9. The Hall–Kier alpha value is -2.70. The van der Waals surface area contributed by atoms with Gasteiger partial charge in [-0.15, -0.1) is 0 Å². The van der Waals surface area contributed by atoms with Crippen LogP contribution in [-0.2, 0) is 4.79 Å². The molecule has 1 fully saturated rings. The summed E-state index contributed by atoms with van der Waals surface area (Å²) in [6.07, 6.45) is 6.99. The quantitative estimate of drug-likeness (QED) is 0.619. The number of nitro groups is 1. The molecule has 1 amide bonds. The van der Waals surface area contributed by atoms with Gasteiger partial charge in [0.15, 0.2) is 0 Å². The normalized spacial score (nSPS) is 18.3. The molecule has 1 aliphatic rings. The lowest BCUT2D eigenvalue weighted by molar-refractivity contribution is -0.383. The molecular formula is C20H26N4O3. The number of piperidine rings is 1. The van der Waals surface area contributed by atoms with Gasteiger partial charge in [0.25, 0.3) is 5.69 Å². The standard InChI is InChI=1S/C20H26N4O3/c1-3-5-14(2)22-20(25)15-6-4-11-23(13-15)18-7-8-19(24(26)27)17-12-21-10-9-16(17)18/h7-10,12,14-15H,3-6,11,13H2,1-2H3,(H,22,25)/t14-,15-/m0/s1. The van der Waals surface area contributed by atoms with Gasteiger partial charge in [-0.3, -0.25) is 19.9 Å². The highest BCUT2D eigenvalue weighted by molar-refractivity contribution is 5.99. The van der Waals surface area contributed by atoms with Crippen LogP contribution in [0.15, 0.2) is 30.6 Å². The number of non-ortho nitro benzene ring substituents is 1. The van der Waals surface area contributed by atoms with E-state index in [1.807, 2.05) is 13.0 Å². The fourth-order valence-corrected chi connectivity index (χ4v) is 3.87. The number of amides is 1. The van der Waals surface area contributed by atoms with Crippen molar-refractivity contribution in [3.05, 3.63) is 40.7 Å². The molecule has 2 heterocycles. The van der Waals surface area contributed by atoms with Crippen LogP contribution in [-0.4, -0.2) is 34.9 Å². The van der Waals surface area contributed by atoms with E-state index in [1.165, 1.54) is 12.3 Å². The summed E-state index contributed by atoms with van der Waals surface area (Å²) in [5.41, 5.74) is 0.985. The van der Waals surface area contributed by atoms with Crippen LogP contribution >= 0.6 is 0 Å². The van der Waals surface area contributed by atoms with Crippen molar-refractivity contribution in [2.75, 3.05) is 18.0 Å². The predicted molar refractivity (Wildman–Crippen MR) is 106 cm³/mol. The second-order valence-electron chi connectivity index (χ2n) is 7.27. The average molecular weight is 370 g/mol. The SMILES string of the molecule is CCC[C@H](C)NC(=O)[C@H]1CCCN(c2ccc([N+](=O)[O-])c3cnccc23)C1. The number of nitrogens with zero attached hydrogens (tertiary/aromatic N) is 3. The third-order valence-electron chi connectivity index (χ3n) is 5.21. The summed E-state index contributed by atoms with van der Waals surface area (Å²) >= 11 is 0. The molecule has 0 bridgehead atoms. The molecule has 2 atom stereocenters. The Morgan fingerprint density at radius 2 is 2.22 bits per heavy atom. The molecule has 0 radical (unpaired) electrons. The number of nitro benzene ring substituents is 1. The molecule has 7 nitrogen and oxygen atoms in total. The molecule has 0 spiro atoms.